The lowest BCUT2D eigenvalue weighted by Gasteiger charge is -2.06. The van der Waals surface area contributed by atoms with Crippen molar-refractivity contribution in [3.63, 3.8) is 0 Å². The van der Waals surface area contributed by atoms with Crippen LogP contribution in [-0.2, 0) is 0 Å². The van der Waals surface area contributed by atoms with Crippen LogP contribution in [0.15, 0.2) is 72.8 Å². The second kappa shape index (κ2) is 5.74. The molecular formula is C19H14O3. The molecule has 0 saturated carbocycles. The van der Waals surface area contributed by atoms with Crippen LogP contribution in [0.5, 0.6) is 5.75 Å². The fraction of sp³-hybridized carbons (Fsp3) is 0. The Balaban J connectivity index is 2.01. The molecular weight excluding hydrogens is 276 g/mol. The molecule has 0 aromatic heterocycles. The normalized spacial score (nSPS) is 11.5. The van der Waals surface area contributed by atoms with Gasteiger partial charge in [0, 0.05) is 17.0 Å². The van der Waals surface area contributed by atoms with Crippen molar-refractivity contribution in [1.82, 2.24) is 0 Å². The van der Waals surface area contributed by atoms with E-state index in [1.165, 1.54) is 0 Å². The Labute approximate surface area is 127 Å². The molecule has 0 bridgehead atoms. The van der Waals surface area contributed by atoms with E-state index in [9.17, 15) is 15.0 Å². The van der Waals surface area contributed by atoms with Crippen LogP contribution in [-0.4, -0.2) is 16.0 Å². The van der Waals surface area contributed by atoms with Gasteiger partial charge in [-0.25, -0.2) is 0 Å². The zero-order valence-corrected chi connectivity index (χ0v) is 11.7. The van der Waals surface area contributed by atoms with E-state index in [1.54, 1.807) is 48.5 Å². The summed E-state index contributed by atoms with van der Waals surface area (Å²) >= 11 is 0. The SMILES string of the molecule is O=C(/C=C(\O)c1ccccc1)c1ccc2ccccc2c1O. The zero-order chi connectivity index (χ0) is 15.5. The maximum absolute atomic E-state index is 12.3. The molecule has 3 nitrogen and oxygen atoms in total. The van der Waals surface area contributed by atoms with Crippen LogP contribution >= 0.6 is 0 Å². The Kier molecular flexibility index (Phi) is 3.62. The van der Waals surface area contributed by atoms with Gasteiger partial charge in [0.15, 0.2) is 5.78 Å². The molecule has 0 aliphatic rings. The van der Waals surface area contributed by atoms with Gasteiger partial charge in [-0.1, -0.05) is 60.7 Å². The minimum atomic E-state index is -0.440. The predicted molar refractivity (Wildman–Crippen MR) is 87.0 cm³/mol. The number of benzene rings is 3. The van der Waals surface area contributed by atoms with Crippen molar-refractivity contribution in [2.45, 2.75) is 0 Å². The summed E-state index contributed by atoms with van der Waals surface area (Å²) in [6.45, 7) is 0. The van der Waals surface area contributed by atoms with E-state index < -0.39 is 5.78 Å². The Morgan fingerprint density at radius 2 is 1.55 bits per heavy atom. The fourth-order valence-electron chi connectivity index (χ4n) is 2.35. The van der Waals surface area contributed by atoms with Crippen molar-refractivity contribution in [3.8, 4) is 5.75 Å². The molecule has 22 heavy (non-hydrogen) atoms. The summed E-state index contributed by atoms with van der Waals surface area (Å²) in [7, 11) is 0. The minimum Gasteiger partial charge on any atom is -0.507 e. The van der Waals surface area contributed by atoms with E-state index in [-0.39, 0.29) is 17.1 Å². The molecule has 0 aliphatic heterocycles. The van der Waals surface area contributed by atoms with Gasteiger partial charge in [0.25, 0.3) is 0 Å². The summed E-state index contributed by atoms with van der Waals surface area (Å²) in [5.74, 6) is -0.636. The van der Waals surface area contributed by atoms with Crippen molar-refractivity contribution in [3.05, 3.63) is 83.9 Å². The lowest BCUT2D eigenvalue weighted by atomic mass is 10.0. The highest BCUT2D eigenvalue weighted by molar-refractivity contribution is 6.12. The Bertz CT molecular complexity index is 864. The van der Waals surface area contributed by atoms with Gasteiger partial charge in [0.2, 0.25) is 0 Å². The molecule has 0 spiro atoms. The number of rotatable bonds is 3. The van der Waals surface area contributed by atoms with Crippen LogP contribution in [0.4, 0.5) is 0 Å². The number of phenols is 1. The number of fused-ring (bicyclic) bond motifs is 1. The van der Waals surface area contributed by atoms with Crippen LogP contribution in [0.25, 0.3) is 16.5 Å². The third-order valence-electron chi connectivity index (χ3n) is 3.50. The van der Waals surface area contributed by atoms with Crippen LogP contribution in [0.3, 0.4) is 0 Å². The van der Waals surface area contributed by atoms with Gasteiger partial charge in [-0.3, -0.25) is 4.79 Å². The van der Waals surface area contributed by atoms with Gasteiger partial charge in [-0.2, -0.15) is 0 Å². The number of aliphatic hydroxyl groups is 1. The highest BCUT2D eigenvalue weighted by Crippen LogP contribution is 2.29. The molecule has 3 heteroatoms. The highest BCUT2D eigenvalue weighted by Gasteiger charge is 2.13. The third-order valence-corrected chi connectivity index (χ3v) is 3.50. The van der Waals surface area contributed by atoms with E-state index in [1.807, 2.05) is 18.2 Å². The molecule has 108 valence electrons. The number of aliphatic hydroxyl groups excluding tert-OH is 1. The minimum absolute atomic E-state index is 0.0692. The first kappa shape index (κ1) is 13.9. The first-order valence-electron chi connectivity index (χ1n) is 6.88. The van der Waals surface area contributed by atoms with Crippen molar-refractivity contribution in [2.75, 3.05) is 0 Å². The maximum Gasteiger partial charge on any atom is 0.193 e. The molecule has 0 saturated heterocycles. The van der Waals surface area contributed by atoms with Crippen LogP contribution in [0, 0.1) is 0 Å². The molecule has 0 amide bonds. The molecule has 0 heterocycles. The fourth-order valence-corrected chi connectivity index (χ4v) is 2.35. The van der Waals surface area contributed by atoms with Gasteiger partial charge in [0.05, 0.1) is 5.56 Å². The number of aromatic hydroxyl groups is 1. The van der Waals surface area contributed by atoms with Gasteiger partial charge < -0.3 is 10.2 Å². The number of ketones is 1. The van der Waals surface area contributed by atoms with Gasteiger partial charge >= 0.3 is 0 Å². The number of carbonyl (C=O) groups excluding carboxylic acids is 1. The molecule has 2 N–H and O–H groups in total. The van der Waals surface area contributed by atoms with Crippen molar-refractivity contribution in [2.24, 2.45) is 0 Å². The Morgan fingerprint density at radius 1 is 0.864 bits per heavy atom. The van der Waals surface area contributed by atoms with E-state index in [0.29, 0.717) is 10.9 Å². The standard InChI is InChI=1S/C19H14O3/c20-17(14-7-2-1-3-8-14)12-18(21)16-11-10-13-6-4-5-9-15(13)19(16)22/h1-12,20,22H/b17-12-. The summed E-state index contributed by atoms with van der Waals surface area (Å²) in [5, 5.41) is 21.8. The van der Waals surface area contributed by atoms with E-state index >= 15 is 0 Å². The summed E-state index contributed by atoms with van der Waals surface area (Å²) in [4.78, 5) is 12.3. The second-order valence-corrected chi connectivity index (χ2v) is 4.94. The lowest BCUT2D eigenvalue weighted by molar-refractivity contribution is 0.104. The number of phenolic OH excluding ortho intramolecular Hbond substituents is 1. The van der Waals surface area contributed by atoms with Gasteiger partial charge in [-0.05, 0) is 11.5 Å². The number of carbonyl (C=O) groups is 1. The number of allylic oxidation sites excluding steroid dienone is 1. The largest absolute Gasteiger partial charge is 0.507 e. The molecule has 3 aromatic carbocycles. The summed E-state index contributed by atoms with van der Waals surface area (Å²) in [6.07, 6.45) is 1.12. The van der Waals surface area contributed by atoms with Crippen molar-refractivity contribution < 1.29 is 15.0 Å². The smallest absolute Gasteiger partial charge is 0.193 e. The Hall–Kier alpha value is -3.07. The zero-order valence-electron chi connectivity index (χ0n) is 11.7. The third kappa shape index (κ3) is 2.56. The van der Waals surface area contributed by atoms with Crippen LogP contribution in [0.1, 0.15) is 15.9 Å². The van der Waals surface area contributed by atoms with E-state index in [2.05, 4.69) is 0 Å². The van der Waals surface area contributed by atoms with E-state index in [4.69, 9.17) is 0 Å². The van der Waals surface area contributed by atoms with Gasteiger partial charge in [0.1, 0.15) is 11.5 Å². The average Bonchev–Trinajstić information content (AvgIpc) is 2.56. The van der Waals surface area contributed by atoms with Crippen LogP contribution < -0.4 is 0 Å². The second-order valence-electron chi connectivity index (χ2n) is 4.94. The monoisotopic (exact) mass is 290 g/mol. The molecule has 0 radical (unpaired) electrons. The summed E-state index contributed by atoms with van der Waals surface area (Å²) in [5.41, 5.74) is 0.720. The first-order valence-corrected chi connectivity index (χ1v) is 6.88. The number of hydrogen-bond donors (Lipinski definition) is 2. The predicted octanol–water partition coefficient (Wildman–Crippen LogP) is 4.33. The van der Waals surface area contributed by atoms with Crippen molar-refractivity contribution >= 4 is 22.3 Å². The first-order chi connectivity index (χ1) is 10.7. The summed E-state index contributed by atoms with van der Waals surface area (Å²) in [6, 6.07) is 19.4. The Morgan fingerprint density at radius 3 is 2.32 bits per heavy atom. The van der Waals surface area contributed by atoms with Crippen molar-refractivity contribution in [1.29, 1.82) is 0 Å². The molecule has 3 rings (SSSR count). The van der Waals surface area contributed by atoms with E-state index in [0.717, 1.165) is 11.5 Å². The topological polar surface area (TPSA) is 57.5 Å². The number of hydrogen-bond acceptors (Lipinski definition) is 3. The molecule has 0 fully saturated rings. The average molecular weight is 290 g/mol. The maximum atomic E-state index is 12.3. The molecule has 0 unspecified atom stereocenters. The molecule has 0 aliphatic carbocycles. The van der Waals surface area contributed by atoms with Crippen LogP contribution in [0.2, 0.25) is 0 Å². The summed E-state index contributed by atoms with van der Waals surface area (Å²) < 4.78 is 0. The molecule has 0 atom stereocenters. The molecule has 3 aromatic rings. The highest BCUT2D eigenvalue weighted by atomic mass is 16.3. The lowest BCUT2D eigenvalue weighted by Crippen LogP contribution is -1.97. The quantitative estimate of drug-likeness (QED) is 0.429. The van der Waals surface area contributed by atoms with Gasteiger partial charge in [-0.15, -0.1) is 0 Å².